The van der Waals surface area contributed by atoms with Crippen molar-refractivity contribution in [1.82, 2.24) is 0 Å². The molecule has 6 heteroatoms. The second kappa shape index (κ2) is 6.49. The highest BCUT2D eigenvalue weighted by Gasteiger charge is 2.37. The number of methoxy groups -OCH3 is 1. The van der Waals surface area contributed by atoms with Crippen LogP contribution in [0.4, 0.5) is 14.9 Å². The molecular formula is C18H14FNO3S. The minimum Gasteiger partial charge on any atom is -0.497 e. The van der Waals surface area contributed by atoms with Crippen molar-refractivity contribution < 1.29 is 18.7 Å². The summed E-state index contributed by atoms with van der Waals surface area (Å²) >= 11 is 0.886. The van der Waals surface area contributed by atoms with E-state index >= 15 is 0 Å². The van der Waals surface area contributed by atoms with Crippen LogP contribution in [0.5, 0.6) is 5.75 Å². The van der Waals surface area contributed by atoms with Crippen molar-refractivity contribution in [2.75, 3.05) is 12.0 Å². The summed E-state index contributed by atoms with van der Waals surface area (Å²) in [5.74, 6) is -0.105. The number of hydrogen-bond donors (Lipinski definition) is 0. The maximum atomic E-state index is 13.0. The Morgan fingerprint density at radius 2 is 1.67 bits per heavy atom. The van der Waals surface area contributed by atoms with E-state index in [0.717, 1.165) is 22.2 Å². The number of carbonyl (C=O) groups excluding carboxylic acids is 2. The molecule has 2 aromatic rings. The van der Waals surface area contributed by atoms with Crippen molar-refractivity contribution in [2.45, 2.75) is 6.92 Å². The second-order valence-electron chi connectivity index (χ2n) is 5.17. The third-order valence-corrected chi connectivity index (χ3v) is 4.76. The van der Waals surface area contributed by atoms with E-state index in [-0.39, 0.29) is 0 Å². The van der Waals surface area contributed by atoms with Crippen LogP contribution >= 0.6 is 11.8 Å². The molecule has 0 unspecified atom stereocenters. The van der Waals surface area contributed by atoms with E-state index < -0.39 is 17.0 Å². The molecule has 0 saturated carbocycles. The SMILES string of the molecule is COc1ccc(/C(C)=C2\SC(=O)N(c3ccc(F)cc3)C2=O)cc1. The summed E-state index contributed by atoms with van der Waals surface area (Å²) in [4.78, 5) is 26.3. The van der Waals surface area contributed by atoms with Crippen LogP contribution in [0.15, 0.2) is 53.4 Å². The molecule has 0 spiro atoms. The van der Waals surface area contributed by atoms with Gasteiger partial charge in [-0.25, -0.2) is 9.29 Å². The lowest BCUT2D eigenvalue weighted by molar-refractivity contribution is -0.113. The van der Waals surface area contributed by atoms with Gasteiger partial charge in [0.1, 0.15) is 11.6 Å². The molecule has 2 aromatic carbocycles. The average Bonchev–Trinajstić information content (AvgIpc) is 2.90. The van der Waals surface area contributed by atoms with Crippen molar-refractivity contribution in [1.29, 1.82) is 0 Å². The molecule has 1 aliphatic rings. The Morgan fingerprint density at radius 3 is 2.25 bits per heavy atom. The predicted molar refractivity (Wildman–Crippen MR) is 92.5 cm³/mol. The number of anilines is 1. The van der Waals surface area contributed by atoms with Gasteiger partial charge in [-0.1, -0.05) is 12.1 Å². The van der Waals surface area contributed by atoms with Crippen molar-refractivity contribution in [3.63, 3.8) is 0 Å². The van der Waals surface area contributed by atoms with Gasteiger partial charge in [0.15, 0.2) is 0 Å². The number of allylic oxidation sites excluding steroid dienone is 1. The Morgan fingerprint density at radius 1 is 1.04 bits per heavy atom. The predicted octanol–water partition coefficient (Wildman–Crippen LogP) is 4.47. The maximum Gasteiger partial charge on any atom is 0.298 e. The third kappa shape index (κ3) is 2.92. The Balaban J connectivity index is 1.95. The average molecular weight is 343 g/mol. The number of rotatable bonds is 3. The molecule has 24 heavy (non-hydrogen) atoms. The number of benzene rings is 2. The molecule has 122 valence electrons. The zero-order valence-electron chi connectivity index (χ0n) is 13.1. The summed E-state index contributed by atoms with van der Waals surface area (Å²) in [7, 11) is 1.58. The number of thioether (sulfide) groups is 1. The topological polar surface area (TPSA) is 46.6 Å². The molecule has 0 N–H and O–H groups in total. The van der Waals surface area contributed by atoms with Gasteiger partial charge in [0.25, 0.3) is 11.1 Å². The second-order valence-corrected chi connectivity index (χ2v) is 6.13. The molecule has 1 heterocycles. The zero-order valence-corrected chi connectivity index (χ0v) is 13.9. The lowest BCUT2D eigenvalue weighted by Gasteiger charge is -2.12. The van der Waals surface area contributed by atoms with E-state index in [0.29, 0.717) is 21.9 Å². The number of hydrogen-bond acceptors (Lipinski definition) is 4. The summed E-state index contributed by atoms with van der Waals surface area (Å²) in [6, 6.07) is 12.5. The van der Waals surface area contributed by atoms with Crippen LogP contribution in [-0.4, -0.2) is 18.3 Å². The first kappa shape index (κ1) is 16.3. The maximum absolute atomic E-state index is 13.0. The van der Waals surface area contributed by atoms with Crippen LogP contribution in [0.3, 0.4) is 0 Å². The van der Waals surface area contributed by atoms with Gasteiger partial charge in [0.05, 0.1) is 17.7 Å². The Kier molecular flexibility index (Phi) is 4.40. The molecular weight excluding hydrogens is 329 g/mol. The van der Waals surface area contributed by atoms with Gasteiger partial charge in [0.2, 0.25) is 0 Å². The zero-order chi connectivity index (χ0) is 17.3. The van der Waals surface area contributed by atoms with Gasteiger partial charge in [-0.15, -0.1) is 0 Å². The number of carbonyl (C=O) groups is 2. The van der Waals surface area contributed by atoms with Crippen molar-refractivity contribution >= 4 is 34.2 Å². The van der Waals surface area contributed by atoms with Crippen LogP contribution in [0, 0.1) is 5.82 Å². The normalized spacial score (nSPS) is 16.5. The standard InChI is InChI=1S/C18H14FNO3S/c1-11(12-3-9-15(23-2)10-4-12)16-17(21)20(18(22)24-16)14-7-5-13(19)6-8-14/h3-10H,1-2H3/b16-11-. The highest BCUT2D eigenvalue weighted by atomic mass is 32.2. The molecule has 1 saturated heterocycles. The van der Waals surface area contributed by atoms with Gasteiger partial charge in [-0.2, -0.15) is 0 Å². The fourth-order valence-electron chi connectivity index (χ4n) is 2.38. The number of halogens is 1. The lowest BCUT2D eigenvalue weighted by atomic mass is 10.1. The first-order valence-electron chi connectivity index (χ1n) is 7.18. The van der Waals surface area contributed by atoms with Gasteiger partial charge >= 0.3 is 0 Å². The van der Waals surface area contributed by atoms with Crippen LogP contribution in [0.25, 0.3) is 5.57 Å². The summed E-state index contributed by atoms with van der Waals surface area (Å²) in [6.07, 6.45) is 0. The third-order valence-electron chi connectivity index (χ3n) is 3.72. The first-order valence-corrected chi connectivity index (χ1v) is 8.00. The largest absolute Gasteiger partial charge is 0.497 e. The van der Waals surface area contributed by atoms with E-state index in [2.05, 4.69) is 0 Å². The minimum atomic E-state index is -0.421. The highest BCUT2D eigenvalue weighted by molar-refractivity contribution is 8.19. The molecule has 0 aromatic heterocycles. The lowest BCUT2D eigenvalue weighted by Crippen LogP contribution is -2.27. The van der Waals surface area contributed by atoms with E-state index in [4.69, 9.17) is 4.74 Å². The molecule has 0 aliphatic carbocycles. The van der Waals surface area contributed by atoms with Gasteiger partial charge in [-0.05, 0) is 66.2 Å². The number of ether oxygens (including phenoxy) is 1. The van der Waals surface area contributed by atoms with E-state index in [1.165, 1.54) is 24.3 Å². The van der Waals surface area contributed by atoms with E-state index in [1.807, 2.05) is 12.1 Å². The van der Waals surface area contributed by atoms with E-state index in [9.17, 15) is 14.0 Å². The molecule has 0 bridgehead atoms. The molecule has 1 fully saturated rings. The van der Waals surface area contributed by atoms with E-state index in [1.54, 1.807) is 26.2 Å². The molecule has 1 aliphatic heterocycles. The molecule has 0 radical (unpaired) electrons. The Hall–Kier alpha value is -2.60. The van der Waals surface area contributed by atoms with Crippen LogP contribution in [0.1, 0.15) is 12.5 Å². The highest BCUT2D eigenvalue weighted by Crippen LogP contribution is 2.39. The van der Waals surface area contributed by atoms with Crippen LogP contribution < -0.4 is 9.64 Å². The first-order chi connectivity index (χ1) is 11.5. The fraction of sp³-hybridized carbons (Fsp3) is 0.111. The Labute approximate surface area is 142 Å². The smallest absolute Gasteiger partial charge is 0.298 e. The molecule has 3 rings (SSSR count). The van der Waals surface area contributed by atoms with Crippen molar-refractivity contribution in [2.24, 2.45) is 0 Å². The van der Waals surface area contributed by atoms with Crippen molar-refractivity contribution in [3.05, 3.63) is 64.8 Å². The minimum absolute atomic E-state index is 0.358. The fourth-order valence-corrected chi connectivity index (χ4v) is 3.29. The molecule has 4 nitrogen and oxygen atoms in total. The van der Waals surface area contributed by atoms with Crippen molar-refractivity contribution in [3.8, 4) is 5.75 Å². The van der Waals surface area contributed by atoms with Gasteiger partial charge in [-0.3, -0.25) is 9.59 Å². The summed E-state index contributed by atoms with van der Waals surface area (Å²) < 4.78 is 18.2. The van der Waals surface area contributed by atoms with Crippen LogP contribution in [0.2, 0.25) is 0 Å². The monoisotopic (exact) mass is 343 g/mol. The summed E-state index contributed by atoms with van der Waals surface area (Å²) in [6.45, 7) is 1.80. The molecule has 2 amide bonds. The Bertz CT molecular complexity index is 828. The summed E-state index contributed by atoms with van der Waals surface area (Å²) in [5, 5.41) is -0.394. The number of nitrogens with zero attached hydrogens (tertiary/aromatic N) is 1. The van der Waals surface area contributed by atoms with Crippen LogP contribution in [-0.2, 0) is 4.79 Å². The number of imide groups is 1. The number of amides is 2. The van der Waals surface area contributed by atoms with Gasteiger partial charge < -0.3 is 4.74 Å². The van der Waals surface area contributed by atoms with Gasteiger partial charge in [0, 0.05) is 0 Å². The molecule has 0 atom stereocenters. The summed E-state index contributed by atoms with van der Waals surface area (Å²) in [5.41, 5.74) is 1.91. The quantitative estimate of drug-likeness (QED) is 0.772.